The van der Waals surface area contributed by atoms with Crippen molar-refractivity contribution in [3.63, 3.8) is 0 Å². The molecule has 6 nitrogen and oxygen atoms in total. The number of ether oxygens (including phenoxy) is 2. The number of hydrogen-bond donors (Lipinski definition) is 2. The Morgan fingerprint density at radius 1 is 1.11 bits per heavy atom. The number of nitrogens with one attached hydrogen (secondary N) is 2. The first-order valence-corrected chi connectivity index (χ1v) is 9.69. The first kappa shape index (κ1) is 19.2. The zero-order valence-corrected chi connectivity index (χ0v) is 17.0. The van der Waals surface area contributed by atoms with E-state index in [-0.39, 0.29) is 6.10 Å². The SMILES string of the molecule is CC1(C)OCC(CNc2nc(Nc3cc(Cl)cc(Cl)c3)nc3ccccc23)O1. The monoisotopic (exact) mass is 418 g/mol. The molecule has 28 heavy (non-hydrogen) atoms. The van der Waals surface area contributed by atoms with Gasteiger partial charge in [0.1, 0.15) is 11.9 Å². The summed E-state index contributed by atoms with van der Waals surface area (Å²) < 4.78 is 11.5. The summed E-state index contributed by atoms with van der Waals surface area (Å²) in [4.78, 5) is 9.23. The van der Waals surface area contributed by atoms with Gasteiger partial charge in [0.05, 0.1) is 12.1 Å². The lowest BCUT2D eigenvalue weighted by Crippen LogP contribution is -2.26. The van der Waals surface area contributed by atoms with Gasteiger partial charge < -0.3 is 20.1 Å². The van der Waals surface area contributed by atoms with Gasteiger partial charge in [-0.25, -0.2) is 4.98 Å². The van der Waals surface area contributed by atoms with Crippen LogP contribution in [0.5, 0.6) is 0 Å². The van der Waals surface area contributed by atoms with Crippen molar-refractivity contribution in [2.75, 3.05) is 23.8 Å². The minimum Gasteiger partial charge on any atom is -0.367 e. The molecule has 2 N–H and O–H groups in total. The molecule has 4 rings (SSSR count). The van der Waals surface area contributed by atoms with E-state index in [1.807, 2.05) is 38.1 Å². The summed E-state index contributed by atoms with van der Waals surface area (Å²) in [5, 5.41) is 8.54. The van der Waals surface area contributed by atoms with Gasteiger partial charge in [-0.1, -0.05) is 35.3 Å². The van der Waals surface area contributed by atoms with Crippen LogP contribution in [0.2, 0.25) is 10.0 Å². The molecule has 0 spiro atoms. The van der Waals surface area contributed by atoms with Gasteiger partial charge in [0, 0.05) is 27.7 Å². The molecule has 1 aliphatic rings. The molecule has 1 unspecified atom stereocenters. The molecule has 8 heteroatoms. The van der Waals surface area contributed by atoms with Gasteiger partial charge in [-0.05, 0) is 44.2 Å². The van der Waals surface area contributed by atoms with Gasteiger partial charge in [-0.15, -0.1) is 0 Å². The first-order chi connectivity index (χ1) is 13.4. The maximum Gasteiger partial charge on any atom is 0.229 e. The maximum absolute atomic E-state index is 6.08. The minimum atomic E-state index is -0.557. The summed E-state index contributed by atoms with van der Waals surface area (Å²) in [6.45, 7) is 4.93. The number of anilines is 3. The molecule has 1 atom stereocenters. The molecule has 3 aromatic rings. The average Bonchev–Trinajstić information content (AvgIpc) is 2.97. The van der Waals surface area contributed by atoms with Crippen LogP contribution in [-0.4, -0.2) is 35.0 Å². The molecular weight excluding hydrogens is 399 g/mol. The van der Waals surface area contributed by atoms with E-state index in [1.54, 1.807) is 18.2 Å². The third-order valence-electron chi connectivity index (χ3n) is 4.29. The highest BCUT2D eigenvalue weighted by Gasteiger charge is 2.32. The number of aromatic nitrogens is 2. The number of para-hydroxylation sites is 1. The fourth-order valence-electron chi connectivity index (χ4n) is 3.10. The highest BCUT2D eigenvalue weighted by molar-refractivity contribution is 6.35. The van der Waals surface area contributed by atoms with Gasteiger partial charge in [-0.2, -0.15) is 4.98 Å². The largest absolute Gasteiger partial charge is 0.367 e. The Hall–Kier alpha value is -2.12. The molecule has 0 radical (unpaired) electrons. The van der Waals surface area contributed by atoms with E-state index in [0.717, 1.165) is 16.7 Å². The highest BCUT2D eigenvalue weighted by Crippen LogP contribution is 2.28. The molecule has 0 saturated carbocycles. The average molecular weight is 419 g/mol. The summed E-state index contributed by atoms with van der Waals surface area (Å²) >= 11 is 12.2. The van der Waals surface area contributed by atoms with Crippen LogP contribution in [0.25, 0.3) is 10.9 Å². The lowest BCUT2D eigenvalue weighted by atomic mass is 10.2. The fourth-order valence-corrected chi connectivity index (χ4v) is 3.62. The van der Waals surface area contributed by atoms with Crippen LogP contribution in [0.1, 0.15) is 13.8 Å². The van der Waals surface area contributed by atoms with Crippen molar-refractivity contribution in [2.45, 2.75) is 25.7 Å². The first-order valence-electron chi connectivity index (χ1n) is 8.93. The van der Waals surface area contributed by atoms with E-state index in [9.17, 15) is 0 Å². The molecule has 146 valence electrons. The number of hydrogen-bond acceptors (Lipinski definition) is 6. The van der Waals surface area contributed by atoms with Gasteiger partial charge in [0.25, 0.3) is 0 Å². The molecule has 1 aliphatic heterocycles. The zero-order valence-electron chi connectivity index (χ0n) is 15.5. The highest BCUT2D eigenvalue weighted by atomic mass is 35.5. The number of fused-ring (bicyclic) bond motifs is 1. The standard InChI is InChI=1S/C20H20Cl2N4O2/c1-20(2)27-11-15(28-20)10-23-18-16-5-3-4-6-17(16)25-19(26-18)24-14-8-12(21)7-13(22)9-14/h3-9,15H,10-11H2,1-2H3,(H2,23,24,25,26). The third-order valence-corrected chi connectivity index (χ3v) is 4.72. The topological polar surface area (TPSA) is 68.3 Å². The number of rotatable bonds is 5. The van der Waals surface area contributed by atoms with E-state index in [0.29, 0.717) is 34.8 Å². The van der Waals surface area contributed by atoms with Gasteiger partial charge in [0.2, 0.25) is 5.95 Å². The van der Waals surface area contributed by atoms with Crippen LogP contribution in [-0.2, 0) is 9.47 Å². The van der Waals surface area contributed by atoms with Crippen LogP contribution in [0, 0.1) is 0 Å². The third kappa shape index (κ3) is 4.47. The molecule has 0 aliphatic carbocycles. The Balaban J connectivity index is 1.60. The van der Waals surface area contributed by atoms with Crippen molar-refractivity contribution >= 4 is 51.6 Å². The Morgan fingerprint density at radius 3 is 2.57 bits per heavy atom. The fraction of sp³-hybridized carbons (Fsp3) is 0.300. The zero-order chi connectivity index (χ0) is 19.7. The molecule has 1 fully saturated rings. The molecular formula is C20H20Cl2N4O2. The molecule has 2 heterocycles. The quantitative estimate of drug-likeness (QED) is 0.589. The van der Waals surface area contributed by atoms with E-state index in [1.165, 1.54) is 0 Å². The van der Waals surface area contributed by atoms with Crippen LogP contribution in [0.3, 0.4) is 0 Å². The molecule has 1 aromatic heterocycles. The van der Waals surface area contributed by atoms with Crippen molar-refractivity contribution in [1.29, 1.82) is 0 Å². The minimum absolute atomic E-state index is 0.0492. The van der Waals surface area contributed by atoms with E-state index >= 15 is 0 Å². The predicted molar refractivity (Wildman–Crippen MR) is 113 cm³/mol. The summed E-state index contributed by atoms with van der Waals surface area (Å²) in [6.07, 6.45) is -0.0492. The lowest BCUT2D eigenvalue weighted by Gasteiger charge is -2.18. The number of nitrogens with zero attached hydrogens (tertiary/aromatic N) is 2. The maximum atomic E-state index is 6.08. The summed E-state index contributed by atoms with van der Waals surface area (Å²) in [5.41, 5.74) is 1.53. The summed E-state index contributed by atoms with van der Waals surface area (Å²) in [6, 6.07) is 13.0. The molecule has 0 amide bonds. The number of benzene rings is 2. The number of halogens is 2. The smallest absolute Gasteiger partial charge is 0.229 e. The second-order valence-electron chi connectivity index (χ2n) is 7.03. The van der Waals surface area contributed by atoms with Crippen LogP contribution >= 0.6 is 23.2 Å². The van der Waals surface area contributed by atoms with Crippen molar-refractivity contribution in [3.8, 4) is 0 Å². The van der Waals surface area contributed by atoms with Crippen molar-refractivity contribution in [1.82, 2.24) is 9.97 Å². The lowest BCUT2D eigenvalue weighted by molar-refractivity contribution is -0.136. The second-order valence-corrected chi connectivity index (χ2v) is 7.90. The predicted octanol–water partition coefficient (Wildman–Crippen LogP) is 5.24. The normalized spacial score (nSPS) is 18.4. The van der Waals surface area contributed by atoms with E-state index in [4.69, 9.17) is 32.7 Å². The van der Waals surface area contributed by atoms with Crippen molar-refractivity contribution in [2.24, 2.45) is 0 Å². The Bertz CT molecular complexity index is 992. The van der Waals surface area contributed by atoms with Crippen LogP contribution in [0.15, 0.2) is 42.5 Å². The second kappa shape index (κ2) is 7.72. The molecule has 0 bridgehead atoms. The van der Waals surface area contributed by atoms with E-state index < -0.39 is 5.79 Å². The summed E-state index contributed by atoms with van der Waals surface area (Å²) in [5.74, 6) is 0.608. The van der Waals surface area contributed by atoms with Crippen LogP contribution in [0.4, 0.5) is 17.5 Å². The van der Waals surface area contributed by atoms with Crippen molar-refractivity contribution < 1.29 is 9.47 Å². The Labute approximate surface area is 173 Å². The molecule has 1 saturated heterocycles. The van der Waals surface area contributed by atoms with Gasteiger partial charge in [0.15, 0.2) is 5.79 Å². The van der Waals surface area contributed by atoms with Crippen molar-refractivity contribution in [3.05, 3.63) is 52.5 Å². The van der Waals surface area contributed by atoms with E-state index in [2.05, 4.69) is 20.6 Å². The van der Waals surface area contributed by atoms with Gasteiger partial charge >= 0.3 is 0 Å². The van der Waals surface area contributed by atoms with Gasteiger partial charge in [-0.3, -0.25) is 0 Å². The van der Waals surface area contributed by atoms with Crippen LogP contribution < -0.4 is 10.6 Å². The Kier molecular flexibility index (Phi) is 5.29. The Morgan fingerprint density at radius 2 is 1.86 bits per heavy atom. The summed E-state index contributed by atoms with van der Waals surface area (Å²) in [7, 11) is 0. The molecule has 2 aromatic carbocycles.